The van der Waals surface area contributed by atoms with Crippen LogP contribution in [-0.2, 0) is 0 Å². The molecule has 1 rings (SSSR count). The summed E-state index contributed by atoms with van der Waals surface area (Å²) in [7, 11) is 1.76. The lowest BCUT2D eigenvalue weighted by molar-refractivity contribution is 0.0748. The number of amides is 1. The van der Waals surface area contributed by atoms with Crippen molar-refractivity contribution in [3.8, 4) is 11.5 Å². The van der Waals surface area contributed by atoms with Crippen LogP contribution in [0, 0.1) is 0 Å². The fourth-order valence-electron chi connectivity index (χ4n) is 1.92. The maximum Gasteiger partial charge on any atom is 0.254 e. The minimum Gasteiger partial charge on any atom is -0.490 e. The maximum absolute atomic E-state index is 12.4. The van der Waals surface area contributed by atoms with E-state index >= 15 is 0 Å². The van der Waals surface area contributed by atoms with Crippen LogP contribution < -0.4 is 15.2 Å². The van der Waals surface area contributed by atoms with Crippen molar-refractivity contribution < 1.29 is 14.3 Å². The SMILES string of the molecule is CCCCOc1ccc(C(=O)N(C)C(C)CN)cc1OCC. The van der Waals surface area contributed by atoms with Crippen molar-refractivity contribution in [3.63, 3.8) is 0 Å². The first kappa shape index (κ1) is 18.3. The van der Waals surface area contributed by atoms with Gasteiger partial charge in [0.05, 0.1) is 13.2 Å². The van der Waals surface area contributed by atoms with Gasteiger partial charge in [-0.2, -0.15) is 0 Å². The normalized spacial score (nSPS) is 11.9. The van der Waals surface area contributed by atoms with Crippen LogP contribution in [0.25, 0.3) is 0 Å². The number of likely N-dealkylation sites (N-methyl/N-ethyl adjacent to an activating group) is 1. The van der Waals surface area contributed by atoms with E-state index in [0.29, 0.717) is 36.8 Å². The zero-order valence-corrected chi connectivity index (χ0v) is 14.1. The van der Waals surface area contributed by atoms with Gasteiger partial charge in [0.25, 0.3) is 5.91 Å². The van der Waals surface area contributed by atoms with E-state index in [2.05, 4.69) is 6.92 Å². The van der Waals surface area contributed by atoms with Gasteiger partial charge in [0, 0.05) is 25.2 Å². The van der Waals surface area contributed by atoms with Crippen LogP contribution in [0.3, 0.4) is 0 Å². The van der Waals surface area contributed by atoms with E-state index in [1.807, 2.05) is 13.8 Å². The highest BCUT2D eigenvalue weighted by molar-refractivity contribution is 5.95. The van der Waals surface area contributed by atoms with E-state index in [-0.39, 0.29) is 11.9 Å². The Morgan fingerprint density at radius 3 is 2.59 bits per heavy atom. The minimum atomic E-state index is -0.0704. The third-order valence-electron chi connectivity index (χ3n) is 3.57. The first-order valence-electron chi connectivity index (χ1n) is 7.91. The molecule has 0 spiro atoms. The van der Waals surface area contributed by atoms with Crippen molar-refractivity contribution in [3.05, 3.63) is 23.8 Å². The molecule has 1 unspecified atom stereocenters. The summed E-state index contributed by atoms with van der Waals surface area (Å²) in [6, 6.07) is 5.30. The first-order valence-corrected chi connectivity index (χ1v) is 7.91. The van der Waals surface area contributed by atoms with Gasteiger partial charge in [0.1, 0.15) is 0 Å². The maximum atomic E-state index is 12.4. The van der Waals surface area contributed by atoms with Crippen LogP contribution in [0.5, 0.6) is 11.5 Å². The quantitative estimate of drug-likeness (QED) is 0.712. The summed E-state index contributed by atoms with van der Waals surface area (Å²) in [5, 5.41) is 0. The Labute approximate surface area is 133 Å². The highest BCUT2D eigenvalue weighted by Crippen LogP contribution is 2.29. The molecule has 1 atom stereocenters. The summed E-state index contributed by atoms with van der Waals surface area (Å²) in [5.74, 6) is 1.22. The number of hydrogen-bond acceptors (Lipinski definition) is 4. The van der Waals surface area contributed by atoms with E-state index in [1.165, 1.54) is 0 Å². The molecule has 1 amide bonds. The molecule has 2 N–H and O–H groups in total. The lowest BCUT2D eigenvalue weighted by Crippen LogP contribution is -2.39. The second kappa shape index (κ2) is 9.30. The van der Waals surface area contributed by atoms with Crippen molar-refractivity contribution in [2.24, 2.45) is 5.73 Å². The van der Waals surface area contributed by atoms with Gasteiger partial charge in [0.2, 0.25) is 0 Å². The fraction of sp³-hybridized carbons (Fsp3) is 0.588. The third kappa shape index (κ3) is 4.91. The van der Waals surface area contributed by atoms with Crippen LogP contribution in [0.2, 0.25) is 0 Å². The average Bonchev–Trinajstić information content (AvgIpc) is 2.54. The van der Waals surface area contributed by atoms with Crippen molar-refractivity contribution in [2.75, 3.05) is 26.8 Å². The molecule has 1 aromatic carbocycles. The molecule has 22 heavy (non-hydrogen) atoms. The highest BCUT2D eigenvalue weighted by Gasteiger charge is 2.18. The molecule has 0 aliphatic rings. The number of unbranched alkanes of at least 4 members (excludes halogenated alkanes) is 1. The largest absolute Gasteiger partial charge is 0.490 e. The predicted molar refractivity (Wildman–Crippen MR) is 88.6 cm³/mol. The molecule has 0 heterocycles. The second-order valence-corrected chi connectivity index (χ2v) is 5.30. The molecule has 0 aliphatic carbocycles. The molecule has 0 saturated carbocycles. The number of carbonyl (C=O) groups excluding carboxylic acids is 1. The fourth-order valence-corrected chi connectivity index (χ4v) is 1.92. The Morgan fingerprint density at radius 2 is 2.00 bits per heavy atom. The lowest BCUT2D eigenvalue weighted by Gasteiger charge is -2.24. The summed E-state index contributed by atoms with van der Waals surface area (Å²) in [4.78, 5) is 14.1. The summed E-state index contributed by atoms with van der Waals surface area (Å²) >= 11 is 0. The number of rotatable bonds is 9. The van der Waals surface area contributed by atoms with Crippen LogP contribution in [0.1, 0.15) is 44.0 Å². The van der Waals surface area contributed by atoms with Crippen molar-refractivity contribution in [1.29, 1.82) is 0 Å². The summed E-state index contributed by atoms with van der Waals surface area (Å²) < 4.78 is 11.3. The van der Waals surface area contributed by atoms with Crippen LogP contribution >= 0.6 is 0 Å². The van der Waals surface area contributed by atoms with E-state index in [9.17, 15) is 4.79 Å². The van der Waals surface area contributed by atoms with E-state index < -0.39 is 0 Å². The van der Waals surface area contributed by atoms with Gasteiger partial charge in [-0.3, -0.25) is 4.79 Å². The second-order valence-electron chi connectivity index (χ2n) is 5.30. The van der Waals surface area contributed by atoms with E-state index in [0.717, 1.165) is 12.8 Å². The molecule has 0 radical (unpaired) electrons. The van der Waals surface area contributed by atoms with Gasteiger partial charge in [-0.25, -0.2) is 0 Å². The molecular weight excluding hydrogens is 280 g/mol. The Kier molecular flexibility index (Phi) is 7.74. The zero-order valence-electron chi connectivity index (χ0n) is 14.1. The average molecular weight is 308 g/mol. The number of ether oxygens (including phenoxy) is 2. The summed E-state index contributed by atoms with van der Waals surface area (Å²) in [6.07, 6.45) is 2.06. The van der Waals surface area contributed by atoms with Crippen molar-refractivity contribution in [2.45, 2.75) is 39.7 Å². The smallest absolute Gasteiger partial charge is 0.254 e. The Hall–Kier alpha value is -1.75. The van der Waals surface area contributed by atoms with E-state index in [4.69, 9.17) is 15.2 Å². The molecule has 5 nitrogen and oxygen atoms in total. The standard InChI is InChI=1S/C17H28N2O3/c1-5-7-10-22-15-9-8-14(11-16(15)21-6-2)17(20)19(4)13(3)12-18/h8-9,11,13H,5-7,10,12,18H2,1-4H3. The third-order valence-corrected chi connectivity index (χ3v) is 3.57. The van der Waals surface area contributed by atoms with Gasteiger partial charge in [-0.1, -0.05) is 13.3 Å². The van der Waals surface area contributed by atoms with Gasteiger partial charge in [-0.05, 0) is 38.5 Å². The minimum absolute atomic E-state index is 0.0106. The first-order chi connectivity index (χ1) is 10.5. The Bertz CT molecular complexity index is 477. The van der Waals surface area contributed by atoms with Crippen molar-refractivity contribution >= 4 is 5.91 Å². The zero-order chi connectivity index (χ0) is 16.5. The molecule has 0 aliphatic heterocycles. The van der Waals surface area contributed by atoms with Crippen molar-refractivity contribution in [1.82, 2.24) is 4.90 Å². The molecule has 0 aromatic heterocycles. The summed E-state index contributed by atoms with van der Waals surface area (Å²) in [6.45, 7) is 7.54. The molecule has 124 valence electrons. The van der Waals surface area contributed by atoms with Gasteiger partial charge in [-0.15, -0.1) is 0 Å². The Balaban J connectivity index is 2.93. The van der Waals surface area contributed by atoms with Crippen LogP contribution in [0.4, 0.5) is 0 Å². The monoisotopic (exact) mass is 308 g/mol. The van der Waals surface area contributed by atoms with Crippen LogP contribution in [0.15, 0.2) is 18.2 Å². The lowest BCUT2D eigenvalue weighted by atomic mass is 10.1. The number of hydrogen-bond donors (Lipinski definition) is 1. The number of nitrogens with zero attached hydrogens (tertiary/aromatic N) is 1. The highest BCUT2D eigenvalue weighted by atomic mass is 16.5. The van der Waals surface area contributed by atoms with E-state index in [1.54, 1.807) is 30.1 Å². The molecule has 5 heteroatoms. The predicted octanol–water partition coefficient (Wildman–Crippen LogP) is 2.68. The van der Waals surface area contributed by atoms with Gasteiger partial charge >= 0.3 is 0 Å². The number of benzene rings is 1. The molecule has 0 saturated heterocycles. The Morgan fingerprint density at radius 1 is 1.27 bits per heavy atom. The van der Waals surface area contributed by atoms with Gasteiger partial charge in [0.15, 0.2) is 11.5 Å². The molecule has 0 bridgehead atoms. The molecule has 0 fully saturated rings. The van der Waals surface area contributed by atoms with Gasteiger partial charge < -0.3 is 20.1 Å². The number of carbonyl (C=O) groups is 1. The molecule has 1 aromatic rings. The summed E-state index contributed by atoms with van der Waals surface area (Å²) in [5.41, 5.74) is 6.20. The molecular formula is C17H28N2O3. The topological polar surface area (TPSA) is 64.8 Å². The van der Waals surface area contributed by atoms with Crippen LogP contribution in [-0.4, -0.2) is 43.7 Å². The number of nitrogens with two attached hydrogens (primary N) is 1.